The number of hydrogen-bond donors (Lipinski definition) is 0. The molecule has 180 valence electrons. The van der Waals surface area contributed by atoms with Gasteiger partial charge in [-0.2, -0.15) is 0 Å². The van der Waals surface area contributed by atoms with E-state index in [0.717, 1.165) is 17.5 Å². The molecule has 4 rings (SSSR count). The molecule has 0 atom stereocenters. The highest BCUT2D eigenvalue weighted by Gasteiger charge is 2.24. The smallest absolute Gasteiger partial charge is 0.132 e. The number of rotatable bonds is 9. The van der Waals surface area contributed by atoms with Gasteiger partial charge in [0, 0.05) is 11.8 Å². The Morgan fingerprint density at radius 1 is 0.727 bits per heavy atom. The van der Waals surface area contributed by atoms with Crippen LogP contribution in [0.3, 0.4) is 0 Å². The van der Waals surface area contributed by atoms with E-state index in [4.69, 9.17) is 4.98 Å². The average Bonchev–Trinajstić information content (AvgIpc) is 2.85. The van der Waals surface area contributed by atoms with E-state index in [2.05, 4.69) is 26.0 Å². The largest absolute Gasteiger partial charge is 0.256 e. The maximum absolute atomic E-state index is 15.1. The van der Waals surface area contributed by atoms with E-state index in [-0.39, 0.29) is 5.82 Å². The van der Waals surface area contributed by atoms with E-state index in [1.807, 2.05) is 18.3 Å². The van der Waals surface area contributed by atoms with Gasteiger partial charge in [-0.3, -0.25) is 4.98 Å². The van der Waals surface area contributed by atoms with Crippen molar-refractivity contribution in [3.05, 3.63) is 53.5 Å². The van der Waals surface area contributed by atoms with Crippen LogP contribution in [0.15, 0.2) is 36.5 Å². The molecule has 2 aliphatic carbocycles. The quantitative estimate of drug-likeness (QED) is 0.347. The Bertz CT molecular complexity index is 842. The molecule has 0 aliphatic heterocycles. The minimum atomic E-state index is -0.115. The van der Waals surface area contributed by atoms with Crippen LogP contribution in [0.4, 0.5) is 4.39 Å². The molecule has 0 amide bonds. The summed E-state index contributed by atoms with van der Waals surface area (Å²) in [7, 11) is 0. The highest BCUT2D eigenvalue weighted by atomic mass is 19.1. The van der Waals surface area contributed by atoms with Crippen molar-refractivity contribution in [3.63, 3.8) is 0 Å². The molecule has 2 aromatic rings. The Hall–Kier alpha value is -1.70. The zero-order chi connectivity index (χ0) is 23.0. The Kier molecular flexibility index (Phi) is 8.98. The summed E-state index contributed by atoms with van der Waals surface area (Å²) >= 11 is 0. The zero-order valence-corrected chi connectivity index (χ0v) is 21.0. The number of nitrogens with zero attached hydrogens (tertiary/aromatic N) is 1. The molecule has 2 saturated carbocycles. The van der Waals surface area contributed by atoms with Crippen molar-refractivity contribution >= 4 is 0 Å². The first kappa shape index (κ1) is 24.4. The monoisotopic (exact) mass is 449 g/mol. The number of hydrogen-bond acceptors (Lipinski definition) is 1. The van der Waals surface area contributed by atoms with Gasteiger partial charge in [-0.05, 0) is 104 Å². The van der Waals surface area contributed by atoms with Gasteiger partial charge >= 0.3 is 0 Å². The van der Waals surface area contributed by atoms with Crippen LogP contribution in [0.5, 0.6) is 0 Å². The number of halogens is 1. The summed E-state index contributed by atoms with van der Waals surface area (Å²) in [5.41, 5.74) is 3.93. The first-order chi connectivity index (χ1) is 16.2. The Balaban J connectivity index is 1.33. The van der Waals surface area contributed by atoms with Crippen LogP contribution in [-0.4, -0.2) is 4.98 Å². The predicted molar refractivity (Wildman–Crippen MR) is 138 cm³/mol. The second-order valence-corrected chi connectivity index (χ2v) is 10.9. The molecule has 1 heterocycles. The molecule has 0 bridgehead atoms. The van der Waals surface area contributed by atoms with Crippen molar-refractivity contribution in [1.29, 1.82) is 0 Å². The van der Waals surface area contributed by atoms with E-state index in [9.17, 15) is 0 Å². The molecule has 0 N–H and O–H groups in total. The lowest BCUT2D eigenvalue weighted by Gasteiger charge is -2.29. The van der Waals surface area contributed by atoms with Crippen LogP contribution in [0, 0.1) is 17.7 Å². The second kappa shape index (κ2) is 12.1. The molecule has 0 unspecified atom stereocenters. The fourth-order valence-electron chi connectivity index (χ4n) is 6.46. The molecule has 1 aromatic heterocycles. The lowest BCUT2D eigenvalue weighted by atomic mass is 9.77. The van der Waals surface area contributed by atoms with E-state index < -0.39 is 0 Å². The van der Waals surface area contributed by atoms with Crippen molar-refractivity contribution in [3.8, 4) is 11.3 Å². The average molecular weight is 450 g/mol. The second-order valence-electron chi connectivity index (χ2n) is 10.9. The van der Waals surface area contributed by atoms with E-state index >= 15 is 4.39 Å². The Morgan fingerprint density at radius 2 is 1.36 bits per heavy atom. The van der Waals surface area contributed by atoms with Crippen LogP contribution < -0.4 is 0 Å². The fraction of sp³-hybridized carbons (Fsp3) is 0.645. The molecule has 2 aliphatic rings. The molecule has 1 aromatic carbocycles. The number of aromatic nitrogens is 1. The van der Waals surface area contributed by atoms with Gasteiger partial charge in [0.1, 0.15) is 5.82 Å². The Labute approximate surface area is 201 Å². The molecular formula is C31H44FN. The first-order valence-electron chi connectivity index (χ1n) is 13.9. The van der Waals surface area contributed by atoms with Crippen molar-refractivity contribution in [2.45, 2.75) is 116 Å². The molecule has 1 nitrogen and oxygen atoms in total. The Morgan fingerprint density at radius 3 is 1.94 bits per heavy atom. The topological polar surface area (TPSA) is 12.9 Å². The summed E-state index contributed by atoms with van der Waals surface area (Å²) in [6.07, 6.45) is 20.4. The van der Waals surface area contributed by atoms with Gasteiger partial charge in [-0.25, -0.2) is 4.39 Å². The maximum atomic E-state index is 15.1. The van der Waals surface area contributed by atoms with Gasteiger partial charge < -0.3 is 0 Å². The maximum Gasteiger partial charge on any atom is 0.132 e. The zero-order valence-electron chi connectivity index (χ0n) is 21.0. The van der Waals surface area contributed by atoms with Crippen LogP contribution in [0.25, 0.3) is 11.3 Å². The molecule has 0 spiro atoms. The molecule has 33 heavy (non-hydrogen) atoms. The van der Waals surface area contributed by atoms with Gasteiger partial charge in [-0.15, -0.1) is 0 Å². The summed E-state index contributed by atoms with van der Waals surface area (Å²) < 4.78 is 15.1. The fourth-order valence-corrected chi connectivity index (χ4v) is 6.46. The summed E-state index contributed by atoms with van der Waals surface area (Å²) in [6, 6.07) is 10.1. The van der Waals surface area contributed by atoms with Crippen molar-refractivity contribution in [1.82, 2.24) is 4.98 Å². The standard InChI is InChI=1S/C31H44FN/c1-3-5-6-8-24-11-15-26(16-12-24)28-18-20-31(33-22-28)29-19-17-27(21-30(29)32)25-13-9-23(7-4-2)10-14-25/h17-26H,3-16H2,1-2H3/t23-,24-,25-,26-. The van der Waals surface area contributed by atoms with Crippen LogP contribution >= 0.6 is 0 Å². The molecule has 0 radical (unpaired) electrons. The number of unbranched alkanes of at least 4 members (excludes halogenated alkanes) is 2. The molecule has 0 saturated heterocycles. The molecule has 2 heteroatoms. The van der Waals surface area contributed by atoms with Gasteiger partial charge in [0.25, 0.3) is 0 Å². The van der Waals surface area contributed by atoms with E-state index in [1.165, 1.54) is 101 Å². The molecule has 2 fully saturated rings. The van der Waals surface area contributed by atoms with Gasteiger partial charge in [0.2, 0.25) is 0 Å². The van der Waals surface area contributed by atoms with Crippen molar-refractivity contribution in [2.75, 3.05) is 0 Å². The summed E-state index contributed by atoms with van der Waals surface area (Å²) in [5.74, 6) is 2.85. The van der Waals surface area contributed by atoms with Crippen molar-refractivity contribution in [2.24, 2.45) is 11.8 Å². The summed E-state index contributed by atoms with van der Waals surface area (Å²) in [5, 5.41) is 0. The minimum absolute atomic E-state index is 0.115. The third-order valence-electron chi connectivity index (χ3n) is 8.60. The van der Waals surface area contributed by atoms with Gasteiger partial charge in [-0.1, -0.05) is 64.5 Å². The molecular weight excluding hydrogens is 405 g/mol. The minimum Gasteiger partial charge on any atom is -0.256 e. The van der Waals surface area contributed by atoms with Gasteiger partial charge in [0.05, 0.1) is 5.69 Å². The number of benzene rings is 1. The summed E-state index contributed by atoms with van der Waals surface area (Å²) in [6.45, 7) is 4.56. The van der Waals surface area contributed by atoms with Gasteiger partial charge in [0.15, 0.2) is 0 Å². The first-order valence-corrected chi connectivity index (χ1v) is 13.9. The van der Waals surface area contributed by atoms with Crippen molar-refractivity contribution < 1.29 is 4.39 Å². The van der Waals surface area contributed by atoms with E-state index in [0.29, 0.717) is 17.4 Å². The lowest BCUT2D eigenvalue weighted by molar-refractivity contribution is 0.302. The highest BCUT2D eigenvalue weighted by molar-refractivity contribution is 5.60. The third-order valence-corrected chi connectivity index (χ3v) is 8.60. The van der Waals surface area contributed by atoms with Crippen LogP contribution in [0.2, 0.25) is 0 Å². The lowest BCUT2D eigenvalue weighted by Crippen LogP contribution is -2.13. The third kappa shape index (κ3) is 6.46. The van der Waals surface area contributed by atoms with Crippen LogP contribution in [0.1, 0.15) is 127 Å². The normalized spacial score (nSPS) is 25.8. The highest BCUT2D eigenvalue weighted by Crippen LogP contribution is 2.40. The van der Waals surface area contributed by atoms with E-state index in [1.54, 1.807) is 6.07 Å². The van der Waals surface area contributed by atoms with Crippen LogP contribution in [-0.2, 0) is 0 Å². The SMILES string of the molecule is CCCCC[C@H]1CC[C@H](c2ccc(-c3ccc([C@H]4CC[C@H](CCC)CC4)cc3F)nc2)CC1. The number of pyridine rings is 1. The predicted octanol–water partition coefficient (Wildman–Crippen LogP) is 9.82. The summed E-state index contributed by atoms with van der Waals surface area (Å²) in [4.78, 5) is 4.70.